The molecule has 4 N–H and O–H groups in total. The van der Waals surface area contributed by atoms with E-state index in [1.807, 2.05) is 0 Å². The Labute approximate surface area is 131 Å². The Balaban J connectivity index is 0.000000541. The van der Waals surface area contributed by atoms with Gasteiger partial charge < -0.3 is 15.2 Å². The van der Waals surface area contributed by atoms with Crippen molar-refractivity contribution in [3.63, 3.8) is 0 Å². The first-order valence-corrected chi connectivity index (χ1v) is 7.88. The molecule has 1 aliphatic heterocycles. The molecule has 0 bridgehead atoms. The van der Waals surface area contributed by atoms with Crippen molar-refractivity contribution in [2.45, 2.75) is 0 Å². The van der Waals surface area contributed by atoms with Crippen LogP contribution in [-0.4, -0.2) is 57.9 Å². The van der Waals surface area contributed by atoms with E-state index in [4.69, 9.17) is 8.76 Å². The van der Waals surface area contributed by atoms with Gasteiger partial charge in [0.1, 0.15) is 5.69 Å². The molecule has 9 nitrogen and oxygen atoms in total. The fourth-order valence-electron chi connectivity index (χ4n) is 2.07. The quantitative estimate of drug-likeness (QED) is 0.381. The molecule has 1 aromatic carbocycles. The molecule has 124 valence electrons. The second kappa shape index (κ2) is 10.2. The van der Waals surface area contributed by atoms with Crippen LogP contribution in [0.5, 0.6) is 0 Å². The van der Waals surface area contributed by atoms with Crippen molar-refractivity contribution in [2.24, 2.45) is 5.14 Å². The normalized spacial score (nSPS) is 16.3. The molecule has 1 heterocycles. The molecule has 1 fully saturated rings. The summed E-state index contributed by atoms with van der Waals surface area (Å²) in [6, 6.07) is 6.75. The molecule has 10 heteroatoms. The molecule has 22 heavy (non-hydrogen) atoms. The number of benzene rings is 1. The number of nitrogens with zero attached hydrogens (tertiary/aromatic N) is 2. The molecule has 0 aliphatic carbocycles. The van der Waals surface area contributed by atoms with Gasteiger partial charge in [-0.15, -0.1) is 0 Å². The summed E-state index contributed by atoms with van der Waals surface area (Å²) in [6.07, 6.45) is 0. The van der Waals surface area contributed by atoms with Crippen LogP contribution < -0.4 is 15.8 Å². The number of hydrogen-bond donors (Lipinski definition) is 3. The van der Waals surface area contributed by atoms with Gasteiger partial charge in [-0.3, -0.25) is 24.4 Å². The van der Waals surface area contributed by atoms with E-state index in [-0.39, 0.29) is 10.6 Å². The zero-order valence-corrected chi connectivity index (χ0v) is 12.9. The summed E-state index contributed by atoms with van der Waals surface area (Å²) in [5.74, 6) is 0. The minimum Gasteiger partial charge on any atom is -0.760 e. The van der Waals surface area contributed by atoms with Crippen LogP contribution in [0, 0.1) is 10.1 Å². The smallest absolute Gasteiger partial charge is 0.292 e. The van der Waals surface area contributed by atoms with Gasteiger partial charge in [0.15, 0.2) is 0 Å². The van der Waals surface area contributed by atoms with Crippen LogP contribution >= 0.6 is 0 Å². The lowest BCUT2D eigenvalue weighted by Gasteiger charge is -2.27. The average Bonchev–Trinajstić information content (AvgIpc) is 2.48. The highest BCUT2D eigenvalue weighted by Gasteiger charge is 2.12. The zero-order chi connectivity index (χ0) is 16.4. The molecule has 2 rings (SSSR count). The van der Waals surface area contributed by atoms with Crippen LogP contribution in [0.2, 0.25) is 0 Å². The highest BCUT2D eigenvalue weighted by Crippen LogP contribution is 2.22. The summed E-state index contributed by atoms with van der Waals surface area (Å²) in [7, 11) is 0. The van der Waals surface area contributed by atoms with E-state index in [0.717, 1.165) is 39.3 Å². The largest absolute Gasteiger partial charge is 0.760 e. The standard InChI is InChI=1S/C12H18N4O2.H3NO2S/c17-16(18)12-4-2-1-3-11(12)14-7-10-15-8-5-13-6-9-15;1-4(2)3/h1-4,13-14H,5-10H2;1H2,(H,2,3)/p-1. The maximum atomic E-state index is 10.8. The van der Waals surface area contributed by atoms with E-state index in [2.05, 4.69) is 20.7 Å². The van der Waals surface area contributed by atoms with Crippen molar-refractivity contribution in [2.75, 3.05) is 44.6 Å². The number of nitro benzene ring substituents is 1. The van der Waals surface area contributed by atoms with Crippen LogP contribution in [0.4, 0.5) is 11.4 Å². The van der Waals surface area contributed by atoms with Gasteiger partial charge in [0, 0.05) is 56.6 Å². The molecule has 1 aromatic rings. The van der Waals surface area contributed by atoms with E-state index >= 15 is 0 Å². The maximum absolute atomic E-state index is 10.8. The molecule has 0 amide bonds. The first kappa shape index (κ1) is 18.5. The van der Waals surface area contributed by atoms with Gasteiger partial charge in [-0.25, -0.2) is 0 Å². The molecular weight excluding hydrogens is 310 g/mol. The Hall–Kier alpha value is -1.59. The van der Waals surface area contributed by atoms with Crippen molar-refractivity contribution in [3.05, 3.63) is 34.4 Å². The molecule has 1 saturated heterocycles. The Bertz CT molecular complexity index is 492. The van der Waals surface area contributed by atoms with E-state index in [1.54, 1.807) is 18.2 Å². The number of nitrogens with two attached hydrogens (primary N) is 1. The highest BCUT2D eigenvalue weighted by molar-refractivity contribution is 7.76. The van der Waals surface area contributed by atoms with Crippen LogP contribution in [0.15, 0.2) is 24.3 Å². The summed E-state index contributed by atoms with van der Waals surface area (Å²) in [5.41, 5.74) is 0.732. The lowest BCUT2D eigenvalue weighted by atomic mass is 10.2. The molecule has 0 saturated carbocycles. The summed E-state index contributed by atoms with van der Waals surface area (Å²) in [4.78, 5) is 12.8. The fraction of sp³-hybridized carbons (Fsp3) is 0.500. The SMILES string of the molecule is NS(=O)[O-].O=[N+]([O-])c1ccccc1NCCN1CCNCC1. The molecule has 1 atom stereocenters. The third kappa shape index (κ3) is 7.43. The monoisotopic (exact) mass is 330 g/mol. The molecule has 1 aliphatic rings. The Morgan fingerprint density at radius 2 is 1.95 bits per heavy atom. The average molecular weight is 330 g/mol. The fourth-order valence-corrected chi connectivity index (χ4v) is 2.07. The second-order valence-corrected chi connectivity index (χ2v) is 5.07. The van der Waals surface area contributed by atoms with E-state index in [1.165, 1.54) is 6.07 Å². The van der Waals surface area contributed by atoms with Crippen molar-refractivity contribution in [3.8, 4) is 0 Å². The lowest BCUT2D eigenvalue weighted by molar-refractivity contribution is -0.384. The zero-order valence-electron chi connectivity index (χ0n) is 12.1. The van der Waals surface area contributed by atoms with Gasteiger partial charge in [0.25, 0.3) is 5.69 Å². The number of nitro groups is 1. The lowest BCUT2D eigenvalue weighted by Crippen LogP contribution is -2.45. The van der Waals surface area contributed by atoms with Gasteiger partial charge in [-0.1, -0.05) is 12.1 Å². The van der Waals surface area contributed by atoms with Gasteiger partial charge in [0.2, 0.25) is 0 Å². The summed E-state index contributed by atoms with van der Waals surface area (Å²) in [5, 5.41) is 21.3. The van der Waals surface area contributed by atoms with Crippen molar-refractivity contribution < 1.29 is 13.7 Å². The third-order valence-corrected chi connectivity index (χ3v) is 3.05. The van der Waals surface area contributed by atoms with E-state index < -0.39 is 11.3 Å². The number of anilines is 1. The number of piperazine rings is 1. The Morgan fingerprint density at radius 3 is 2.55 bits per heavy atom. The summed E-state index contributed by atoms with van der Waals surface area (Å²) in [6.45, 7) is 5.76. The maximum Gasteiger partial charge on any atom is 0.292 e. The Morgan fingerprint density at radius 1 is 1.36 bits per heavy atom. The van der Waals surface area contributed by atoms with Gasteiger partial charge in [-0.05, 0) is 6.07 Å². The van der Waals surface area contributed by atoms with Gasteiger partial charge >= 0.3 is 0 Å². The Kier molecular flexibility index (Phi) is 8.55. The van der Waals surface area contributed by atoms with Crippen LogP contribution in [0.3, 0.4) is 0 Å². The summed E-state index contributed by atoms with van der Waals surface area (Å²) >= 11 is -2.36. The van der Waals surface area contributed by atoms with Crippen molar-refractivity contribution in [1.29, 1.82) is 0 Å². The third-order valence-electron chi connectivity index (χ3n) is 3.05. The predicted molar refractivity (Wildman–Crippen MR) is 84.0 cm³/mol. The second-order valence-electron chi connectivity index (χ2n) is 4.55. The number of para-hydroxylation sites is 2. The van der Waals surface area contributed by atoms with Crippen molar-refractivity contribution >= 4 is 22.6 Å². The molecule has 0 aromatic heterocycles. The van der Waals surface area contributed by atoms with Crippen LogP contribution in [0.25, 0.3) is 0 Å². The van der Waals surface area contributed by atoms with Crippen LogP contribution in [0.1, 0.15) is 0 Å². The first-order chi connectivity index (χ1) is 10.5. The number of hydrogen-bond acceptors (Lipinski definition) is 7. The molecule has 0 radical (unpaired) electrons. The van der Waals surface area contributed by atoms with Crippen LogP contribution in [-0.2, 0) is 11.3 Å². The number of rotatable bonds is 5. The molecule has 1 unspecified atom stereocenters. The topological polar surface area (TPSA) is 137 Å². The van der Waals surface area contributed by atoms with Crippen molar-refractivity contribution in [1.82, 2.24) is 10.2 Å². The van der Waals surface area contributed by atoms with Gasteiger partial charge in [0.05, 0.1) is 4.92 Å². The number of nitrogens with one attached hydrogen (secondary N) is 2. The summed E-state index contributed by atoms with van der Waals surface area (Å²) < 4.78 is 17.6. The minimum atomic E-state index is -2.36. The highest BCUT2D eigenvalue weighted by atomic mass is 32.2. The molecular formula is C12H20N5O4S-. The van der Waals surface area contributed by atoms with E-state index in [0.29, 0.717) is 5.69 Å². The first-order valence-electron chi connectivity index (χ1n) is 6.74. The minimum absolute atomic E-state index is 0.137. The van der Waals surface area contributed by atoms with E-state index in [9.17, 15) is 10.1 Å². The molecule has 0 spiro atoms. The predicted octanol–water partition coefficient (Wildman–Crippen LogP) is -0.349. The van der Waals surface area contributed by atoms with Gasteiger partial charge in [-0.2, -0.15) is 0 Å².